The quantitative estimate of drug-likeness (QED) is 0.528. The Balaban J connectivity index is 1.64. The van der Waals surface area contributed by atoms with E-state index in [4.69, 9.17) is 5.21 Å². The lowest BCUT2D eigenvalue weighted by Crippen LogP contribution is -2.36. The van der Waals surface area contributed by atoms with Crippen LogP contribution in [-0.4, -0.2) is 35.4 Å². The molecule has 1 aromatic carbocycles. The largest absolute Gasteiger partial charge is 0.293 e. The van der Waals surface area contributed by atoms with Gasteiger partial charge in [0.15, 0.2) is 0 Å². The van der Waals surface area contributed by atoms with Gasteiger partial charge in [-0.1, -0.05) is 24.3 Å². The number of benzene rings is 1. The Labute approximate surface area is 153 Å². The zero-order valence-electron chi connectivity index (χ0n) is 13.5. The molecule has 2 N–H and O–H groups in total. The highest BCUT2D eigenvalue weighted by Crippen LogP contribution is 2.32. The number of hydrogen-bond donors (Lipinski definition) is 2. The molecule has 134 valence electrons. The van der Waals surface area contributed by atoms with Crippen molar-refractivity contribution in [3.05, 3.63) is 59.4 Å². The summed E-state index contributed by atoms with van der Waals surface area (Å²) in [7, 11) is -3.59. The molecular weight excluding hydrogens is 374 g/mol. The lowest BCUT2D eigenvalue weighted by atomic mass is 10.1. The second-order valence-electron chi connectivity index (χ2n) is 5.94. The first kappa shape index (κ1) is 17.1. The monoisotopic (exact) mass is 389 g/mol. The van der Waals surface area contributed by atoms with Gasteiger partial charge in [0.1, 0.15) is 9.90 Å². The summed E-state index contributed by atoms with van der Waals surface area (Å²) in [6.07, 6.45) is 0.409. The van der Waals surface area contributed by atoms with Crippen LogP contribution in [0.2, 0.25) is 0 Å². The van der Waals surface area contributed by atoms with Gasteiger partial charge < -0.3 is 0 Å². The van der Waals surface area contributed by atoms with Crippen LogP contribution >= 0.6 is 11.3 Å². The van der Waals surface area contributed by atoms with Crippen molar-refractivity contribution in [2.45, 2.75) is 17.2 Å². The Hall–Kier alpha value is -2.33. The molecule has 0 saturated carbocycles. The van der Waals surface area contributed by atoms with Crippen molar-refractivity contribution in [3.8, 4) is 0 Å². The number of fused-ring (bicyclic) bond motifs is 2. The number of carbonyl (C=O) groups is 1. The summed E-state index contributed by atoms with van der Waals surface area (Å²) in [6.45, 7) is 0.501. The van der Waals surface area contributed by atoms with Crippen molar-refractivity contribution >= 4 is 37.4 Å². The summed E-state index contributed by atoms with van der Waals surface area (Å²) in [5.74, 6) is -0.687. The number of hydrogen-bond acceptors (Lipinski definition) is 6. The van der Waals surface area contributed by atoms with E-state index < -0.39 is 15.9 Å². The van der Waals surface area contributed by atoms with Crippen molar-refractivity contribution in [2.75, 3.05) is 6.54 Å². The second-order valence-corrected chi connectivity index (χ2v) is 9.18. The molecule has 0 radical (unpaired) electrons. The van der Waals surface area contributed by atoms with Crippen LogP contribution in [0.4, 0.5) is 0 Å². The van der Waals surface area contributed by atoms with E-state index >= 15 is 0 Å². The fourth-order valence-electron chi connectivity index (χ4n) is 2.99. The second kappa shape index (κ2) is 6.44. The topological polar surface area (TPSA) is 99.6 Å². The number of nitrogens with one attached hydrogen (secondary N) is 1. The predicted octanol–water partition coefficient (Wildman–Crippen LogP) is 2.16. The van der Waals surface area contributed by atoms with Crippen molar-refractivity contribution in [3.63, 3.8) is 0 Å². The minimum atomic E-state index is -3.59. The third-order valence-electron chi connectivity index (χ3n) is 4.34. The smallest absolute Gasteiger partial charge is 0.288 e. The third kappa shape index (κ3) is 2.88. The SMILES string of the molecule is O=C(NO)c1ccc2c(n1)CCN(S(=O)(=O)c1cc3ccccc3s1)C2. The fourth-order valence-corrected chi connectivity index (χ4v) is 5.96. The van der Waals surface area contributed by atoms with Crippen molar-refractivity contribution in [1.82, 2.24) is 14.8 Å². The molecule has 0 aliphatic carbocycles. The third-order valence-corrected chi connectivity index (χ3v) is 7.75. The van der Waals surface area contributed by atoms with Gasteiger partial charge in [-0.15, -0.1) is 11.3 Å². The molecule has 9 heteroatoms. The number of carbonyl (C=O) groups excluding carboxylic acids is 1. The summed E-state index contributed by atoms with van der Waals surface area (Å²) in [5, 5.41) is 9.61. The van der Waals surface area contributed by atoms with Crippen LogP contribution in [0, 0.1) is 0 Å². The zero-order valence-corrected chi connectivity index (χ0v) is 15.2. The van der Waals surface area contributed by atoms with Gasteiger partial charge in [-0.2, -0.15) is 4.31 Å². The predicted molar refractivity (Wildman–Crippen MR) is 96.6 cm³/mol. The fraction of sp³-hybridized carbons (Fsp3) is 0.176. The van der Waals surface area contributed by atoms with Crippen LogP contribution in [0.25, 0.3) is 10.1 Å². The molecule has 0 atom stereocenters. The van der Waals surface area contributed by atoms with Gasteiger partial charge in [0, 0.05) is 29.9 Å². The van der Waals surface area contributed by atoms with Gasteiger partial charge in [-0.25, -0.2) is 18.9 Å². The maximum atomic E-state index is 13.0. The number of hydroxylamine groups is 1. The average molecular weight is 389 g/mol. The van der Waals surface area contributed by atoms with Crippen molar-refractivity contribution < 1.29 is 18.4 Å². The highest BCUT2D eigenvalue weighted by molar-refractivity contribution is 7.91. The van der Waals surface area contributed by atoms with E-state index in [0.29, 0.717) is 22.9 Å². The van der Waals surface area contributed by atoms with Crippen LogP contribution in [0.3, 0.4) is 0 Å². The van der Waals surface area contributed by atoms with E-state index in [0.717, 1.165) is 15.6 Å². The van der Waals surface area contributed by atoms with Crippen LogP contribution in [0.5, 0.6) is 0 Å². The van der Waals surface area contributed by atoms with Crippen LogP contribution < -0.4 is 5.48 Å². The molecule has 2 aromatic heterocycles. The Morgan fingerprint density at radius 3 is 2.81 bits per heavy atom. The van der Waals surface area contributed by atoms with E-state index in [2.05, 4.69) is 4.98 Å². The Kier molecular flexibility index (Phi) is 4.23. The van der Waals surface area contributed by atoms with Gasteiger partial charge >= 0.3 is 0 Å². The molecule has 0 bridgehead atoms. The van der Waals surface area contributed by atoms with Crippen molar-refractivity contribution in [1.29, 1.82) is 0 Å². The summed E-state index contributed by atoms with van der Waals surface area (Å²) >= 11 is 1.26. The summed E-state index contributed by atoms with van der Waals surface area (Å²) in [4.78, 5) is 15.7. The van der Waals surface area contributed by atoms with Gasteiger partial charge in [0.2, 0.25) is 0 Å². The van der Waals surface area contributed by atoms with E-state index in [-0.39, 0.29) is 12.2 Å². The highest BCUT2D eigenvalue weighted by atomic mass is 32.2. The standard InChI is InChI=1S/C17H15N3O4S2/c21-17(19-22)14-6-5-12-10-20(8-7-13(12)18-14)26(23,24)16-9-11-3-1-2-4-15(11)25-16/h1-6,9,22H,7-8,10H2,(H,19,21). The molecule has 0 spiro atoms. The molecular formula is C17H15N3O4S2. The van der Waals surface area contributed by atoms with E-state index in [1.165, 1.54) is 21.7 Å². The van der Waals surface area contributed by atoms with E-state index in [1.54, 1.807) is 17.6 Å². The number of pyridine rings is 1. The minimum Gasteiger partial charge on any atom is -0.288 e. The average Bonchev–Trinajstić information content (AvgIpc) is 3.11. The number of amides is 1. The Morgan fingerprint density at radius 1 is 1.23 bits per heavy atom. The summed E-state index contributed by atoms with van der Waals surface area (Å²) in [6, 6.07) is 12.4. The minimum absolute atomic E-state index is 0.104. The molecule has 26 heavy (non-hydrogen) atoms. The Morgan fingerprint density at radius 2 is 2.04 bits per heavy atom. The lowest BCUT2D eigenvalue weighted by Gasteiger charge is -2.27. The summed E-state index contributed by atoms with van der Waals surface area (Å²) in [5.41, 5.74) is 3.09. The molecule has 3 heterocycles. The lowest BCUT2D eigenvalue weighted by molar-refractivity contribution is 0.0700. The first-order chi connectivity index (χ1) is 12.5. The zero-order chi connectivity index (χ0) is 18.3. The van der Waals surface area contributed by atoms with Crippen molar-refractivity contribution in [2.24, 2.45) is 0 Å². The van der Waals surface area contributed by atoms with Gasteiger partial charge in [-0.05, 0) is 29.1 Å². The maximum Gasteiger partial charge on any atom is 0.293 e. The number of nitrogens with zero attached hydrogens (tertiary/aromatic N) is 2. The maximum absolute atomic E-state index is 13.0. The molecule has 1 aliphatic heterocycles. The normalized spacial score (nSPS) is 15.0. The Bertz CT molecular complexity index is 1080. The molecule has 0 fully saturated rings. The number of aromatic nitrogens is 1. The van der Waals surface area contributed by atoms with Gasteiger partial charge in [0.05, 0.1) is 0 Å². The van der Waals surface area contributed by atoms with Crippen LogP contribution in [0.1, 0.15) is 21.7 Å². The molecule has 0 saturated heterocycles. The molecule has 1 amide bonds. The first-order valence-corrected chi connectivity index (χ1v) is 10.2. The molecule has 7 nitrogen and oxygen atoms in total. The molecule has 0 unspecified atom stereocenters. The number of thiophene rings is 1. The number of rotatable bonds is 3. The van der Waals surface area contributed by atoms with Crippen LogP contribution in [0.15, 0.2) is 46.7 Å². The first-order valence-electron chi connectivity index (χ1n) is 7.91. The van der Waals surface area contributed by atoms with Crippen LogP contribution in [-0.2, 0) is 23.0 Å². The molecule has 1 aliphatic rings. The molecule has 4 rings (SSSR count). The molecule has 3 aromatic rings. The van der Waals surface area contributed by atoms with Gasteiger partial charge in [0.25, 0.3) is 15.9 Å². The highest BCUT2D eigenvalue weighted by Gasteiger charge is 2.30. The van der Waals surface area contributed by atoms with E-state index in [9.17, 15) is 13.2 Å². The van der Waals surface area contributed by atoms with Gasteiger partial charge in [-0.3, -0.25) is 10.0 Å². The summed E-state index contributed by atoms with van der Waals surface area (Å²) < 4.78 is 28.7. The van der Waals surface area contributed by atoms with E-state index in [1.807, 2.05) is 24.3 Å². The number of sulfonamides is 1.